The van der Waals surface area contributed by atoms with E-state index in [1.807, 2.05) is 6.92 Å². The third kappa shape index (κ3) is 2.45. The number of aryl methyl sites for hydroxylation is 1. The molecule has 0 saturated carbocycles. The molecule has 1 aromatic carbocycles. The number of carbonyl (C=O) groups is 1. The quantitative estimate of drug-likeness (QED) is 0.608. The molecule has 0 heterocycles. The molecule has 0 saturated heterocycles. The van der Waals surface area contributed by atoms with Crippen LogP contribution in [0.1, 0.15) is 36.2 Å². The van der Waals surface area contributed by atoms with E-state index in [9.17, 15) is 15.0 Å². The number of hydrogen-bond acceptors (Lipinski definition) is 4. The van der Waals surface area contributed by atoms with Crippen molar-refractivity contribution < 1.29 is 19.7 Å². The number of benzene rings is 1. The lowest BCUT2D eigenvalue weighted by molar-refractivity contribution is 0.0521. The summed E-state index contributed by atoms with van der Waals surface area (Å²) in [5.41, 5.74) is 0.764. The molecule has 4 nitrogen and oxygen atoms in total. The van der Waals surface area contributed by atoms with Crippen LogP contribution in [-0.2, 0) is 11.2 Å². The van der Waals surface area contributed by atoms with E-state index in [2.05, 4.69) is 0 Å². The molecular weight excluding hydrogens is 208 g/mol. The Morgan fingerprint density at radius 1 is 1.31 bits per heavy atom. The first kappa shape index (κ1) is 12.4. The van der Waals surface area contributed by atoms with Gasteiger partial charge >= 0.3 is 5.97 Å². The van der Waals surface area contributed by atoms with Crippen molar-refractivity contribution in [1.29, 1.82) is 0 Å². The van der Waals surface area contributed by atoms with Gasteiger partial charge in [-0.15, -0.1) is 0 Å². The summed E-state index contributed by atoms with van der Waals surface area (Å²) in [7, 11) is 0. The van der Waals surface area contributed by atoms with E-state index >= 15 is 0 Å². The summed E-state index contributed by atoms with van der Waals surface area (Å²) < 4.78 is 4.84. The van der Waals surface area contributed by atoms with Gasteiger partial charge in [0.25, 0.3) is 0 Å². The zero-order valence-corrected chi connectivity index (χ0v) is 9.49. The van der Waals surface area contributed by atoms with Crippen molar-refractivity contribution in [3.8, 4) is 11.5 Å². The Kier molecular flexibility index (Phi) is 4.17. The monoisotopic (exact) mass is 224 g/mol. The highest BCUT2D eigenvalue weighted by Gasteiger charge is 2.19. The molecule has 16 heavy (non-hydrogen) atoms. The van der Waals surface area contributed by atoms with E-state index in [0.717, 1.165) is 6.42 Å². The third-order valence-corrected chi connectivity index (χ3v) is 2.24. The molecule has 4 heteroatoms. The normalized spacial score (nSPS) is 10.1. The standard InChI is InChI=1S/C12H16O4/c1-3-5-8-6-7-9(13)11(14)10(8)12(15)16-4-2/h6-7,13-14H,3-5H2,1-2H3. The van der Waals surface area contributed by atoms with Crippen LogP contribution in [0.2, 0.25) is 0 Å². The topological polar surface area (TPSA) is 66.8 Å². The Morgan fingerprint density at radius 2 is 2.00 bits per heavy atom. The maximum atomic E-state index is 11.6. The molecule has 2 N–H and O–H groups in total. The molecule has 1 rings (SSSR count). The Bertz CT molecular complexity index is 385. The molecule has 1 aromatic rings. The second-order valence-corrected chi connectivity index (χ2v) is 3.44. The van der Waals surface area contributed by atoms with Crippen molar-refractivity contribution in [2.75, 3.05) is 6.61 Å². The van der Waals surface area contributed by atoms with Crippen molar-refractivity contribution in [1.82, 2.24) is 0 Å². The number of phenolic OH excluding ortho intramolecular Hbond substituents is 2. The number of esters is 1. The van der Waals surface area contributed by atoms with E-state index in [4.69, 9.17) is 4.74 Å². The number of phenols is 2. The number of aromatic hydroxyl groups is 2. The Labute approximate surface area is 94.5 Å². The third-order valence-electron chi connectivity index (χ3n) is 2.24. The summed E-state index contributed by atoms with van der Waals surface area (Å²) in [5, 5.41) is 19.0. The first-order valence-electron chi connectivity index (χ1n) is 5.32. The van der Waals surface area contributed by atoms with Crippen LogP contribution >= 0.6 is 0 Å². The van der Waals surface area contributed by atoms with Gasteiger partial charge in [-0.3, -0.25) is 0 Å². The van der Waals surface area contributed by atoms with Gasteiger partial charge in [-0.2, -0.15) is 0 Å². The van der Waals surface area contributed by atoms with E-state index in [1.165, 1.54) is 6.07 Å². The maximum absolute atomic E-state index is 11.6. The van der Waals surface area contributed by atoms with Gasteiger partial charge in [-0.05, 0) is 25.0 Å². The van der Waals surface area contributed by atoms with E-state index in [-0.39, 0.29) is 17.9 Å². The average Bonchev–Trinajstić information content (AvgIpc) is 2.24. The number of hydrogen-bond donors (Lipinski definition) is 2. The summed E-state index contributed by atoms with van der Waals surface area (Å²) in [4.78, 5) is 11.6. The minimum Gasteiger partial charge on any atom is -0.504 e. The van der Waals surface area contributed by atoms with Crippen LogP contribution in [0.15, 0.2) is 12.1 Å². The molecule has 0 spiro atoms. The maximum Gasteiger partial charge on any atom is 0.342 e. The fourth-order valence-corrected chi connectivity index (χ4v) is 1.53. The van der Waals surface area contributed by atoms with Crippen molar-refractivity contribution in [3.05, 3.63) is 23.3 Å². The van der Waals surface area contributed by atoms with Crippen LogP contribution in [0, 0.1) is 0 Å². The van der Waals surface area contributed by atoms with Gasteiger partial charge in [-0.25, -0.2) is 4.79 Å². The highest BCUT2D eigenvalue weighted by Crippen LogP contribution is 2.32. The first-order chi connectivity index (χ1) is 7.61. The predicted molar refractivity (Wildman–Crippen MR) is 59.7 cm³/mol. The SMILES string of the molecule is CCCc1ccc(O)c(O)c1C(=O)OCC. The molecular formula is C12H16O4. The van der Waals surface area contributed by atoms with Gasteiger partial charge in [-0.1, -0.05) is 19.4 Å². The van der Waals surface area contributed by atoms with Crippen molar-refractivity contribution >= 4 is 5.97 Å². The van der Waals surface area contributed by atoms with Crippen LogP contribution < -0.4 is 0 Å². The Balaban J connectivity index is 3.20. The van der Waals surface area contributed by atoms with E-state index < -0.39 is 11.7 Å². The molecule has 0 unspecified atom stereocenters. The van der Waals surface area contributed by atoms with Gasteiger partial charge < -0.3 is 14.9 Å². The van der Waals surface area contributed by atoms with Gasteiger partial charge in [0, 0.05) is 0 Å². The summed E-state index contributed by atoms with van der Waals surface area (Å²) >= 11 is 0. The van der Waals surface area contributed by atoms with Crippen LogP contribution in [0.3, 0.4) is 0 Å². The fourth-order valence-electron chi connectivity index (χ4n) is 1.53. The van der Waals surface area contributed by atoms with Crippen LogP contribution in [0.5, 0.6) is 11.5 Å². The molecule has 0 aliphatic heterocycles. The van der Waals surface area contributed by atoms with Crippen molar-refractivity contribution in [2.24, 2.45) is 0 Å². The van der Waals surface area contributed by atoms with Gasteiger partial charge in [0.2, 0.25) is 0 Å². The molecule has 0 radical (unpaired) electrons. The smallest absolute Gasteiger partial charge is 0.342 e. The lowest BCUT2D eigenvalue weighted by Crippen LogP contribution is -2.08. The minimum atomic E-state index is -0.598. The Hall–Kier alpha value is -1.71. The summed E-state index contributed by atoms with van der Waals surface area (Å²) in [6.07, 6.45) is 1.50. The zero-order valence-electron chi connectivity index (χ0n) is 9.49. The highest BCUT2D eigenvalue weighted by atomic mass is 16.5. The van der Waals surface area contributed by atoms with Crippen LogP contribution in [0.25, 0.3) is 0 Å². The second-order valence-electron chi connectivity index (χ2n) is 3.44. The van der Waals surface area contributed by atoms with Gasteiger partial charge in [0.05, 0.1) is 6.61 Å². The average molecular weight is 224 g/mol. The Morgan fingerprint density at radius 3 is 2.56 bits per heavy atom. The highest BCUT2D eigenvalue weighted by molar-refractivity contribution is 5.95. The van der Waals surface area contributed by atoms with E-state index in [0.29, 0.717) is 12.0 Å². The molecule has 0 atom stereocenters. The molecule has 0 aromatic heterocycles. The van der Waals surface area contributed by atoms with Crippen molar-refractivity contribution in [2.45, 2.75) is 26.7 Å². The lowest BCUT2D eigenvalue weighted by Gasteiger charge is -2.10. The predicted octanol–water partition coefficient (Wildman–Crippen LogP) is 2.23. The number of carbonyl (C=O) groups excluding carboxylic acids is 1. The first-order valence-corrected chi connectivity index (χ1v) is 5.32. The van der Waals surface area contributed by atoms with Gasteiger partial charge in [0.1, 0.15) is 5.56 Å². The largest absolute Gasteiger partial charge is 0.504 e. The van der Waals surface area contributed by atoms with Crippen LogP contribution in [-0.4, -0.2) is 22.8 Å². The van der Waals surface area contributed by atoms with E-state index in [1.54, 1.807) is 13.0 Å². The second kappa shape index (κ2) is 5.39. The molecule has 0 fully saturated rings. The zero-order chi connectivity index (χ0) is 12.1. The van der Waals surface area contributed by atoms with Crippen LogP contribution in [0.4, 0.5) is 0 Å². The summed E-state index contributed by atoms with van der Waals surface area (Å²) in [6.45, 7) is 3.90. The minimum absolute atomic E-state index is 0.0729. The summed E-state index contributed by atoms with van der Waals surface area (Å²) in [5.74, 6) is -1.30. The fraction of sp³-hybridized carbons (Fsp3) is 0.417. The number of ether oxygens (including phenoxy) is 1. The molecule has 0 aliphatic rings. The van der Waals surface area contributed by atoms with Gasteiger partial charge in [0.15, 0.2) is 11.5 Å². The van der Waals surface area contributed by atoms with Crippen molar-refractivity contribution in [3.63, 3.8) is 0 Å². The molecule has 88 valence electrons. The molecule has 0 aliphatic carbocycles. The lowest BCUT2D eigenvalue weighted by atomic mass is 10.0. The molecule has 0 amide bonds. The molecule has 0 bridgehead atoms. The number of rotatable bonds is 4. The summed E-state index contributed by atoms with van der Waals surface area (Å²) in [6, 6.07) is 3.01.